The number of rotatable bonds is 2. The molecule has 0 amide bonds. The molecule has 2 heterocycles. The van der Waals surface area contributed by atoms with E-state index in [1.807, 2.05) is 0 Å². The molecule has 0 saturated carbocycles. The average Bonchev–Trinajstić information content (AvgIpc) is 3.16. The maximum Gasteiger partial charge on any atom is 0.135 e. The van der Waals surface area contributed by atoms with Gasteiger partial charge in [-0.15, -0.1) is 0 Å². The number of hydrogen-bond acceptors (Lipinski definition) is 2. The van der Waals surface area contributed by atoms with E-state index >= 15 is 0 Å². The van der Waals surface area contributed by atoms with Crippen LogP contribution in [0.1, 0.15) is 47.2 Å². The second-order valence-electron chi connectivity index (χ2n) is 8.82. The fourth-order valence-electron chi connectivity index (χ4n) is 4.53. The summed E-state index contributed by atoms with van der Waals surface area (Å²) < 4.78 is 13.0. The van der Waals surface area contributed by atoms with Gasteiger partial charge in [0.15, 0.2) is 0 Å². The van der Waals surface area contributed by atoms with Gasteiger partial charge in [0.25, 0.3) is 0 Å². The van der Waals surface area contributed by atoms with E-state index in [-0.39, 0.29) is 11.2 Å². The molecule has 0 N–H and O–H groups in total. The number of fused-ring (bicyclic) bond motifs is 2. The summed E-state index contributed by atoms with van der Waals surface area (Å²) in [6.45, 7) is 8.59. The van der Waals surface area contributed by atoms with E-state index in [9.17, 15) is 0 Å². The average molecular weight is 370 g/mol. The molecule has 0 fully saturated rings. The lowest BCUT2D eigenvalue weighted by Gasteiger charge is -2.25. The van der Waals surface area contributed by atoms with Crippen LogP contribution in [0.3, 0.4) is 0 Å². The van der Waals surface area contributed by atoms with Crippen LogP contribution in [0.2, 0.25) is 0 Å². The standard InChI is InChI=1S/C26H26O2/c1-17-5-9-21(10-6-17)25(3)15-19-13-24-20(14-23(19)27-25)16-26(4,28-24)22-11-7-18(2)8-12-22/h5-14H,15-16H2,1-4H3/t25-,26-/m0/s1. The molecule has 0 spiro atoms. The molecule has 142 valence electrons. The molecule has 0 aromatic heterocycles. The zero-order valence-electron chi connectivity index (χ0n) is 17.0. The second-order valence-corrected chi connectivity index (χ2v) is 8.82. The topological polar surface area (TPSA) is 18.5 Å². The minimum atomic E-state index is -0.314. The van der Waals surface area contributed by atoms with Gasteiger partial charge in [-0.25, -0.2) is 0 Å². The zero-order valence-corrected chi connectivity index (χ0v) is 17.0. The maximum absolute atomic E-state index is 6.48. The van der Waals surface area contributed by atoms with Crippen LogP contribution in [0.4, 0.5) is 0 Å². The Morgan fingerprint density at radius 1 is 0.607 bits per heavy atom. The van der Waals surface area contributed by atoms with Gasteiger partial charge in [0.05, 0.1) is 0 Å². The van der Waals surface area contributed by atoms with Gasteiger partial charge < -0.3 is 9.47 Å². The van der Waals surface area contributed by atoms with Crippen molar-refractivity contribution in [2.24, 2.45) is 0 Å². The Morgan fingerprint density at radius 3 is 1.32 bits per heavy atom. The summed E-state index contributed by atoms with van der Waals surface area (Å²) in [6.07, 6.45) is 1.73. The van der Waals surface area contributed by atoms with E-state index in [4.69, 9.17) is 9.47 Å². The lowest BCUT2D eigenvalue weighted by atomic mass is 9.89. The van der Waals surface area contributed by atoms with Crippen LogP contribution in [-0.2, 0) is 24.0 Å². The Kier molecular flexibility index (Phi) is 3.64. The quantitative estimate of drug-likeness (QED) is 0.550. The van der Waals surface area contributed by atoms with Crippen molar-refractivity contribution >= 4 is 0 Å². The highest BCUT2D eigenvalue weighted by Gasteiger charge is 2.41. The lowest BCUT2D eigenvalue weighted by molar-refractivity contribution is 0.114. The molecule has 0 radical (unpaired) electrons. The van der Waals surface area contributed by atoms with Gasteiger partial charge in [0, 0.05) is 24.0 Å². The molecular weight excluding hydrogens is 344 g/mol. The van der Waals surface area contributed by atoms with Crippen molar-refractivity contribution in [3.8, 4) is 11.5 Å². The van der Waals surface area contributed by atoms with Gasteiger partial charge in [0.1, 0.15) is 22.7 Å². The summed E-state index contributed by atoms with van der Waals surface area (Å²) in [5.74, 6) is 2.00. The number of hydrogen-bond donors (Lipinski definition) is 0. The first-order valence-electron chi connectivity index (χ1n) is 10.0. The van der Waals surface area contributed by atoms with E-state index in [1.165, 1.54) is 33.4 Å². The molecule has 0 saturated heterocycles. The summed E-state index contributed by atoms with van der Waals surface area (Å²) in [5, 5.41) is 0. The van der Waals surface area contributed by atoms with Crippen molar-refractivity contribution < 1.29 is 9.47 Å². The molecule has 3 aromatic rings. The van der Waals surface area contributed by atoms with Gasteiger partial charge >= 0.3 is 0 Å². The fourth-order valence-corrected chi connectivity index (χ4v) is 4.53. The van der Waals surface area contributed by atoms with E-state index in [0.29, 0.717) is 0 Å². The van der Waals surface area contributed by atoms with Crippen LogP contribution in [0, 0.1) is 13.8 Å². The van der Waals surface area contributed by atoms with Crippen molar-refractivity contribution in [3.05, 3.63) is 94.0 Å². The minimum Gasteiger partial charge on any atom is -0.482 e. The van der Waals surface area contributed by atoms with Gasteiger partial charge in [-0.2, -0.15) is 0 Å². The van der Waals surface area contributed by atoms with Gasteiger partial charge in [-0.05, 0) is 51.0 Å². The molecule has 0 bridgehead atoms. The van der Waals surface area contributed by atoms with Gasteiger partial charge in [0.2, 0.25) is 0 Å². The molecule has 28 heavy (non-hydrogen) atoms. The summed E-state index contributed by atoms with van der Waals surface area (Å²) in [5.41, 5.74) is 6.82. The molecule has 2 nitrogen and oxygen atoms in total. The highest BCUT2D eigenvalue weighted by Crippen LogP contribution is 2.48. The molecule has 2 heteroatoms. The zero-order chi connectivity index (χ0) is 19.5. The van der Waals surface area contributed by atoms with Crippen LogP contribution in [0.15, 0.2) is 60.7 Å². The maximum atomic E-state index is 6.48. The van der Waals surface area contributed by atoms with E-state index in [2.05, 4.69) is 88.4 Å². The molecule has 0 aliphatic carbocycles. The van der Waals surface area contributed by atoms with Crippen LogP contribution < -0.4 is 9.47 Å². The van der Waals surface area contributed by atoms with E-state index in [1.54, 1.807) is 0 Å². The molecular formula is C26H26O2. The SMILES string of the molecule is Cc1ccc([C@]2(C)Cc3cc4c(cc3O2)C[C@@](C)(c2ccc(C)cc2)O4)cc1. The Hall–Kier alpha value is -2.74. The predicted octanol–water partition coefficient (Wildman–Crippen LogP) is 6.00. The number of benzene rings is 3. The Morgan fingerprint density at radius 2 is 0.964 bits per heavy atom. The first kappa shape index (κ1) is 17.4. The minimum absolute atomic E-state index is 0.314. The first-order chi connectivity index (χ1) is 13.3. The fraction of sp³-hybridized carbons (Fsp3) is 0.308. The smallest absolute Gasteiger partial charge is 0.135 e. The Balaban J connectivity index is 1.44. The van der Waals surface area contributed by atoms with Crippen molar-refractivity contribution in [2.45, 2.75) is 51.7 Å². The molecule has 0 unspecified atom stereocenters. The third-order valence-electron chi connectivity index (χ3n) is 6.29. The Labute approximate surface area is 167 Å². The molecule has 5 rings (SSSR count). The molecule has 2 aliphatic rings. The highest BCUT2D eigenvalue weighted by molar-refractivity contribution is 5.54. The first-order valence-corrected chi connectivity index (χ1v) is 10.0. The number of ether oxygens (including phenoxy) is 2. The van der Waals surface area contributed by atoms with E-state index in [0.717, 1.165) is 24.3 Å². The third kappa shape index (κ3) is 2.71. The second kappa shape index (κ2) is 5.88. The van der Waals surface area contributed by atoms with Crippen LogP contribution in [-0.4, -0.2) is 0 Å². The van der Waals surface area contributed by atoms with Crippen molar-refractivity contribution in [1.82, 2.24) is 0 Å². The highest BCUT2D eigenvalue weighted by atomic mass is 16.5. The summed E-state index contributed by atoms with van der Waals surface area (Å²) >= 11 is 0. The largest absolute Gasteiger partial charge is 0.482 e. The Bertz CT molecular complexity index is 927. The normalized spacial score (nSPS) is 25.0. The van der Waals surface area contributed by atoms with Gasteiger partial charge in [-0.3, -0.25) is 0 Å². The lowest BCUT2D eigenvalue weighted by Crippen LogP contribution is -2.27. The summed E-state index contributed by atoms with van der Waals surface area (Å²) in [6, 6.07) is 21.7. The summed E-state index contributed by atoms with van der Waals surface area (Å²) in [4.78, 5) is 0. The molecule has 3 aromatic carbocycles. The van der Waals surface area contributed by atoms with Crippen molar-refractivity contribution in [3.63, 3.8) is 0 Å². The summed E-state index contributed by atoms with van der Waals surface area (Å²) in [7, 11) is 0. The van der Waals surface area contributed by atoms with Crippen LogP contribution >= 0.6 is 0 Å². The molecule has 2 aliphatic heterocycles. The van der Waals surface area contributed by atoms with Crippen molar-refractivity contribution in [2.75, 3.05) is 0 Å². The van der Waals surface area contributed by atoms with E-state index < -0.39 is 0 Å². The molecule has 2 atom stereocenters. The predicted molar refractivity (Wildman–Crippen MR) is 112 cm³/mol. The monoisotopic (exact) mass is 370 g/mol. The van der Waals surface area contributed by atoms with Crippen LogP contribution in [0.5, 0.6) is 11.5 Å². The third-order valence-corrected chi connectivity index (χ3v) is 6.29. The number of aryl methyl sites for hydroxylation is 2. The van der Waals surface area contributed by atoms with Crippen LogP contribution in [0.25, 0.3) is 0 Å². The van der Waals surface area contributed by atoms with Gasteiger partial charge in [-0.1, -0.05) is 59.7 Å². The van der Waals surface area contributed by atoms with Crippen molar-refractivity contribution in [1.29, 1.82) is 0 Å².